The molecule has 1 amide bonds. The van der Waals surface area contributed by atoms with Gasteiger partial charge in [-0.1, -0.05) is 18.2 Å². The molecule has 114 valence electrons. The van der Waals surface area contributed by atoms with Crippen molar-refractivity contribution in [1.82, 2.24) is 14.8 Å². The molecule has 1 heterocycles. The number of amides is 1. The molecule has 2 rings (SSSR count). The Morgan fingerprint density at radius 3 is 2.52 bits per heavy atom. The number of aromatic nitrogens is 1. The first-order valence-corrected chi connectivity index (χ1v) is 7.35. The molecule has 0 spiro atoms. The van der Waals surface area contributed by atoms with Crippen molar-refractivity contribution in [2.75, 3.05) is 34.2 Å². The standard InChI is InChI=1S/C17H25N3O/c1-12-7-6-8-14-15(13(2)18-17(12)14)11-16(21)20(5)10-9-19(3)4/h6-8,18H,9-11H2,1-5H3. The van der Waals surface area contributed by atoms with Crippen LogP contribution in [0.4, 0.5) is 0 Å². The molecule has 0 radical (unpaired) electrons. The molecule has 1 aromatic heterocycles. The minimum absolute atomic E-state index is 0.169. The minimum Gasteiger partial charge on any atom is -0.358 e. The van der Waals surface area contributed by atoms with Crippen LogP contribution in [0.5, 0.6) is 0 Å². The average molecular weight is 287 g/mol. The number of hydrogen-bond acceptors (Lipinski definition) is 2. The Morgan fingerprint density at radius 1 is 1.14 bits per heavy atom. The fourth-order valence-corrected chi connectivity index (χ4v) is 2.54. The molecule has 0 saturated carbocycles. The monoisotopic (exact) mass is 287 g/mol. The van der Waals surface area contributed by atoms with Crippen LogP contribution in [0.25, 0.3) is 10.9 Å². The molecule has 0 bridgehead atoms. The molecule has 0 aliphatic rings. The predicted molar refractivity (Wildman–Crippen MR) is 87.7 cm³/mol. The highest BCUT2D eigenvalue weighted by Gasteiger charge is 2.16. The van der Waals surface area contributed by atoms with E-state index in [0.29, 0.717) is 6.42 Å². The van der Waals surface area contributed by atoms with Crippen molar-refractivity contribution in [3.63, 3.8) is 0 Å². The van der Waals surface area contributed by atoms with Crippen molar-refractivity contribution in [3.8, 4) is 0 Å². The number of carbonyl (C=O) groups excluding carboxylic acids is 1. The number of aryl methyl sites for hydroxylation is 2. The van der Waals surface area contributed by atoms with Gasteiger partial charge in [-0.3, -0.25) is 4.79 Å². The van der Waals surface area contributed by atoms with Gasteiger partial charge in [-0.15, -0.1) is 0 Å². The van der Waals surface area contributed by atoms with Crippen molar-refractivity contribution in [2.24, 2.45) is 0 Å². The molecule has 0 atom stereocenters. The van der Waals surface area contributed by atoms with E-state index < -0.39 is 0 Å². The minimum atomic E-state index is 0.169. The lowest BCUT2D eigenvalue weighted by molar-refractivity contribution is -0.129. The normalized spacial score (nSPS) is 11.3. The third-order valence-corrected chi connectivity index (χ3v) is 4.00. The maximum atomic E-state index is 12.4. The molecule has 2 aromatic rings. The summed E-state index contributed by atoms with van der Waals surface area (Å²) in [7, 11) is 5.91. The van der Waals surface area contributed by atoms with Crippen molar-refractivity contribution < 1.29 is 4.79 Å². The fraction of sp³-hybridized carbons (Fsp3) is 0.471. The van der Waals surface area contributed by atoms with Gasteiger partial charge in [0.2, 0.25) is 5.91 Å². The first kappa shape index (κ1) is 15.6. The van der Waals surface area contributed by atoms with Crippen LogP contribution in [0.15, 0.2) is 18.2 Å². The Balaban J connectivity index is 2.18. The molecule has 0 aliphatic heterocycles. The molecule has 0 saturated heterocycles. The Bertz CT molecular complexity index is 643. The summed E-state index contributed by atoms with van der Waals surface area (Å²) < 4.78 is 0. The van der Waals surface area contributed by atoms with Crippen LogP contribution >= 0.6 is 0 Å². The SMILES string of the molecule is Cc1[nH]c2c(C)cccc2c1CC(=O)N(C)CCN(C)C. The molecular formula is C17H25N3O. The first-order chi connectivity index (χ1) is 9.90. The van der Waals surface area contributed by atoms with Crippen LogP contribution in [0.1, 0.15) is 16.8 Å². The molecule has 0 fully saturated rings. The topological polar surface area (TPSA) is 39.3 Å². The summed E-state index contributed by atoms with van der Waals surface area (Å²) in [6.07, 6.45) is 0.458. The number of likely N-dealkylation sites (N-methyl/N-ethyl adjacent to an activating group) is 2. The van der Waals surface area contributed by atoms with Crippen molar-refractivity contribution in [3.05, 3.63) is 35.0 Å². The van der Waals surface area contributed by atoms with Gasteiger partial charge in [0.1, 0.15) is 0 Å². The number of fused-ring (bicyclic) bond motifs is 1. The van der Waals surface area contributed by atoms with Gasteiger partial charge in [-0.2, -0.15) is 0 Å². The van der Waals surface area contributed by atoms with E-state index >= 15 is 0 Å². The Kier molecular flexibility index (Phi) is 4.68. The summed E-state index contributed by atoms with van der Waals surface area (Å²) in [6.45, 7) is 5.77. The van der Waals surface area contributed by atoms with Gasteiger partial charge in [-0.05, 0) is 39.1 Å². The zero-order valence-corrected chi connectivity index (χ0v) is 13.7. The molecular weight excluding hydrogens is 262 g/mol. The predicted octanol–water partition coefficient (Wildman–Crippen LogP) is 2.35. The van der Waals surface area contributed by atoms with Crippen LogP contribution in [0.2, 0.25) is 0 Å². The molecule has 1 aromatic carbocycles. The highest BCUT2D eigenvalue weighted by Crippen LogP contribution is 2.25. The van der Waals surface area contributed by atoms with Crippen molar-refractivity contribution >= 4 is 16.8 Å². The van der Waals surface area contributed by atoms with E-state index in [0.717, 1.165) is 29.9 Å². The van der Waals surface area contributed by atoms with E-state index in [1.165, 1.54) is 10.9 Å². The zero-order chi connectivity index (χ0) is 15.6. The molecule has 4 nitrogen and oxygen atoms in total. The van der Waals surface area contributed by atoms with E-state index in [-0.39, 0.29) is 5.91 Å². The van der Waals surface area contributed by atoms with Crippen molar-refractivity contribution in [1.29, 1.82) is 0 Å². The Labute approximate surface area is 126 Å². The van der Waals surface area contributed by atoms with Crippen LogP contribution < -0.4 is 0 Å². The number of hydrogen-bond donors (Lipinski definition) is 1. The zero-order valence-electron chi connectivity index (χ0n) is 13.7. The summed E-state index contributed by atoms with van der Waals surface area (Å²) in [5.41, 5.74) is 4.58. The van der Waals surface area contributed by atoms with Gasteiger partial charge >= 0.3 is 0 Å². The van der Waals surface area contributed by atoms with Gasteiger partial charge in [0.05, 0.1) is 6.42 Å². The lowest BCUT2D eigenvalue weighted by Gasteiger charge is -2.19. The van der Waals surface area contributed by atoms with Gasteiger partial charge in [-0.25, -0.2) is 0 Å². The van der Waals surface area contributed by atoms with E-state index in [4.69, 9.17) is 0 Å². The second-order valence-electron chi connectivity index (χ2n) is 6.02. The largest absolute Gasteiger partial charge is 0.358 e. The third-order valence-electron chi connectivity index (χ3n) is 4.00. The second-order valence-corrected chi connectivity index (χ2v) is 6.02. The lowest BCUT2D eigenvalue weighted by atomic mass is 10.1. The van der Waals surface area contributed by atoms with E-state index in [1.54, 1.807) is 0 Å². The second kappa shape index (κ2) is 6.31. The van der Waals surface area contributed by atoms with E-state index in [9.17, 15) is 4.79 Å². The number of H-pyrrole nitrogens is 1. The van der Waals surface area contributed by atoms with Crippen LogP contribution in [0, 0.1) is 13.8 Å². The van der Waals surface area contributed by atoms with Crippen LogP contribution in [0.3, 0.4) is 0 Å². The highest BCUT2D eigenvalue weighted by atomic mass is 16.2. The third kappa shape index (κ3) is 3.45. The molecule has 0 unspecified atom stereocenters. The van der Waals surface area contributed by atoms with E-state index in [2.05, 4.69) is 35.0 Å². The average Bonchev–Trinajstić information content (AvgIpc) is 2.74. The number of para-hydroxylation sites is 1. The van der Waals surface area contributed by atoms with E-state index in [1.807, 2.05) is 33.0 Å². The highest BCUT2D eigenvalue weighted by molar-refractivity contribution is 5.91. The van der Waals surface area contributed by atoms with Gasteiger partial charge in [0.15, 0.2) is 0 Å². The number of aromatic amines is 1. The first-order valence-electron chi connectivity index (χ1n) is 7.35. The summed E-state index contributed by atoms with van der Waals surface area (Å²) >= 11 is 0. The van der Waals surface area contributed by atoms with Gasteiger partial charge < -0.3 is 14.8 Å². The summed E-state index contributed by atoms with van der Waals surface area (Å²) in [4.78, 5) is 19.7. The molecule has 1 N–H and O–H groups in total. The number of benzene rings is 1. The maximum Gasteiger partial charge on any atom is 0.226 e. The fourth-order valence-electron chi connectivity index (χ4n) is 2.54. The van der Waals surface area contributed by atoms with Gasteiger partial charge in [0, 0.05) is 36.7 Å². The Morgan fingerprint density at radius 2 is 1.86 bits per heavy atom. The molecule has 0 aliphatic carbocycles. The van der Waals surface area contributed by atoms with Crippen molar-refractivity contribution in [2.45, 2.75) is 20.3 Å². The number of carbonyl (C=O) groups is 1. The summed E-state index contributed by atoms with van der Waals surface area (Å²) in [5.74, 6) is 0.169. The smallest absolute Gasteiger partial charge is 0.226 e. The summed E-state index contributed by atoms with van der Waals surface area (Å²) in [5, 5.41) is 1.17. The van der Waals surface area contributed by atoms with Crippen LogP contribution in [-0.2, 0) is 11.2 Å². The van der Waals surface area contributed by atoms with Gasteiger partial charge in [0.25, 0.3) is 0 Å². The quantitative estimate of drug-likeness (QED) is 0.917. The molecule has 21 heavy (non-hydrogen) atoms. The number of rotatable bonds is 5. The number of nitrogens with zero attached hydrogens (tertiary/aromatic N) is 2. The maximum absolute atomic E-state index is 12.4. The Hall–Kier alpha value is -1.81. The van der Waals surface area contributed by atoms with Crippen LogP contribution in [-0.4, -0.2) is 54.9 Å². The summed E-state index contributed by atoms with van der Waals surface area (Å²) in [6, 6.07) is 6.23. The number of nitrogens with one attached hydrogen (secondary N) is 1. The lowest BCUT2D eigenvalue weighted by Crippen LogP contribution is -2.34. The molecule has 4 heteroatoms.